The molecule has 1 aliphatic heterocycles. The van der Waals surface area contributed by atoms with Crippen LogP contribution in [0.2, 0.25) is 0 Å². The van der Waals surface area contributed by atoms with Gasteiger partial charge in [0.2, 0.25) is 11.8 Å². The number of amides is 2. The summed E-state index contributed by atoms with van der Waals surface area (Å²) in [7, 11) is 0. The first kappa shape index (κ1) is 17.3. The fourth-order valence-electron chi connectivity index (χ4n) is 2.69. The van der Waals surface area contributed by atoms with E-state index in [9.17, 15) is 9.59 Å². The van der Waals surface area contributed by atoms with Crippen molar-refractivity contribution < 1.29 is 9.59 Å². The molecular weight excluding hydrogens is 292 g/mol. The lowest BCUT2D eigenvalue weighted by atomic mass is 10.2. The monoisotopic (exact) mass is 318 g/mol. The van der Waals surface area contributed by atoms with Crippen molar-refractivity contribution in [3.05, 3.63) is 29.8 Å². The molecule has 0 radical (unpaired) electrons. The molecule has 0 unspecified atom stereocenters. The molecule has 2 N–H and O–H groups in total. The average molecular weight is 318 g/mol. The summed E-state index contributed by atoms with van der Waals surface area (Å²) in [6.07, 6.45) is 0. The van der Waals surface area contributed by atoms with Crippen molar-refractivity contribution in [3.8, 4) is 0 Å². The van der Waals surface area contributed by atoms with E-state index in [2.05, 4.69) is 51.6 Å². The first-order valence-corrected chi connectivity index (χ1v) is 8.10. The largest absolute Gasteiger partial charge is 0.369 e. The Morgan fingerprint density at radius 3 is 2.43 bits per heavy atom. The summed E-state index contributed by atoms with van der Waals surface area (Å²) in [6, 6.07) is 8.52. The summed E-state index contributed by atoms with van der Waals surface area (Å²) in [4.78, 5) is 27.1. The number of anilines is 1. The normalized spacial score (nSPS) is 15.3. The van der Waals surface area contributed by atoms with Gasteiger partial charge in [0.15, 0.2) is 0 Å². The maximum absolute atomic E-state index is 11.9. The van der Waals surface area contributed by atoms with Crippen LogP contribution in [-0.2, 0) is 9.59 Å². The average Bonchev–Trinajstić information content (AvgIpc) is 2.52. The van der Waals surface area contributed by atoms with Gasteiger partial charge in [-0.2, -0.15) is 0 Å². The van der Waals surface area contributed by atoms with Crippen LogP contribution >= 0.6 is 0 Å². The van der Waals surface area contributed by atoms with Gasteiger partial charge in [-0.1, -0.05) is 12.1 Å². The molecule has 0 bridgehead atoms. The number of piperazine rings is 1. The lowest BCUT2D eigenvalue weighted by Crippen LogP contribution is -2.50. The molecule has 6 nitrogen and oxygen atoms in total. The number of rotatable bonds is 6. The first-order chi connectivity index (χ1) is 11.0. The fourth-order valence-corrected chi connectivity index (χ4v) is 2.69. The molecule has 1 fully saturated rings. The minimum absolute atomic E-state index is 0.0133. The Hall–Kier alpha value is -2.08. The second kappa shape index (κ2) is 8.53. The molecule has 0 saturated carbocycles. The zero-order valence-corrected chi connectivity index (χ0v) is 14.0. The molecule has 1 aromatic rings. The minimum Gasteiger partial charge on any atom is -0.369 e. The van der Waals surface area contributed by atoms with Crippen molar-refractivity contribution in [1.82, 2.24) is 15.5 Å². The lowest BCUT2D eigenvalue weighted by molar-refractivity contribution is -0.123. The van der Waals surface area contributed by atoms with Crippen molar-refractivity contribution >= 4 is 17.5 Å². The summed E-state index contributed by atoms with van der Waals surface area (Å²) < 4.78 is 0. The Morgan fingerprint density at radius 2 is 1.78 bits per heavy atom. The Kier molecular flexibility index (Phi) is 6.40. The summed E-state index contributed by atoms with van der Waals surface area (Å²) in [5.41, 5.74) is 2.52. The van der Waals surface area contributed by atoms with E-state index in [4.69, 9.17) is 0 Å². The number of benzene rings is 1. The Morgan fingerprint density at radius 1 is 1.09 bits per heavy atom. The Labute approximate surface area is 137 Å². The number of hydrogen-bond acceptors (Lipinski definition) is 4. The van der Waals surface area contributed by atoms with Crippen LogP contribution in [-0.4, -0.2) is 62.5 Å². The number of nitrogens with zero attached hydrogens (tertiary/aromatic N) is 2. The van der Waals surface area contributed by atoms with E-state index < -0.39 is 0 Å². The topological polar surface area (TPSA) is 64.7 Å². The number of hydrogen-bond donors (Lipinski definition) is 2. The number of carbonyl (C=O) groups is 2. The standard InChI is InChI=1S/C17H26N4O2/c1-14-4-3-5-16(12-14)21-10-8-20(9-11-21)13-17(23)19-7-6-18-15(2)22/h3-5,12H,6-11,13H2,1-2H3,(H,18,22)(H,19,23). The molecule has 1 heterocycles. The quantitative estimate of drug-likeness (QED) is 0.744. The van der Waals surface area contributed by atoms with Crippen LogP contribution < -0.4 is 15.5 Å². The van der Waals surface area contributed by atoms with E-state index in [0.29, 0.717) is 19.6 Å². The predicted molar refractivity (Wildman–Crippen MR) is 91.5 cm³/mol. The van der Waals surface area contributed by atoms with Crippen LogP contribution in [0.5, 0.6) is 0 Å². The van der Waals surface area contributed by atoms with Gasteiger partial charge >= 0.3 is 0 Å². The highest BCUT2D eigenvalue weighted by Crippen LogP contribution is 2.17. The second-order valence-electron chi connectivity index (χ2n) is 5.94. The third-order valence-corrected chi connectivity index (χ3v) is 3.93. The molecule has 1 saturated heterocycles. The van der Waals surface area contributed by atoms with Gasteiger partial charge in [0.25, 0.3) is 0 Å². The van der Waals surface area contributed by atoms with Gasteiger partial charge in [-0.15, -0.1) is 0 Å². The summed E-state index contributed by atoms with van der Waals surface area (Å²) >= 11 is 0. The van der Waals surface area contributed by atoms with Crippen molar-refractivity contribution in [2.24, 2.45) is 0 Å². The van der Waals surface area contributed by atoms with Gasteiger partial charge in [-0.25, -0.2) is 0 Å². The van der Waals surface area contributed by atoms with Crippen LogP contribution in [0.1, 0.15) is 12.5 Å². The SMILES string of the molecule is CC(=O)NCCNC(=O)CN1CCN(c2cccc(C)c2)CC1. The highest BCUT2D eigenvalue weighted by atomic mass is 16.2. The van der Waals surface area contributed by atoms with Crippen molar-refractivity contribution in [3.63, 3.8) is 0 Å². The van der Waals surface area contributed by atoms with Gasteiger partial charge < -0.3 is 15.5 Å². The molecule has 126 valence electrons. The van der Waals surface area contributed by atoms with Crippen LogP contribution in [0.15, 0.2) is 24.3 Å². The van der Waals surface area contributed by atoms with E-state index in [0.717, 1.165) is 26.2 Å². The molecule has 0 aromatic heterocycles. The van der Waals surface area contributed by atoms with Gasteiger partial charge in [-0.05, 0) is 24.6 Å². The predicted octanol–water partition coefficient (Wildman–Crippen LogP) is 0.369. The summed E-state index contributed by atoms with van der Waals surface area (Å²) in [5, 5.41) is 5.49. The van der Waals surface area contributed by atoms with E-state index in [1.807, 2.05) is 0 Å². The molecular formula is C17H26N4O2. The second-order valence-corrected chi connectivity index (χ2v) is 5.94. The zero-order valence-electron chi connectivity index (χ0n) is 14.0. The van der Waals surface area contributed by atoms with Gasteiger partial charge in [0, 0.05) is 51.9 Å². The van der Waals surface area contributed by atoms with Crippen LogP contribution in [0.4, 0.5) is 5.69 Å². The molecule has 0 aliphatic carbocycles. The van der Waals surface area contributed by atoms with E-state index in [1.165, 1.54) is 18.2 Å². The summed E-state index contributed by atoms with van der Waals surface area (Å²) in [5.74, 6) is -0.0640. The van der Waals surface area contributed by atoms with Crippen LogP contribution in [0, 0.1) is 6.92 Å². The Balaban J connectivity index is 1.68. The molecule has 0 atom stereocenters. The first-order valence-electron chi connectivity index (χ1n) is 8.10. The molecule has 2 rings (SSSR count). The fraction of sp³-hybridized carbons (Fsp3) is 0.529. The molecule has 23 heavy (non-hydrogen) atoms. The number of carbonyl (C=O) groups excluding carboxylic acids is 2. The van der Waals surface area contributed by atoms with Crippen molar-refractivity contribution in [1.29, 1.82) is 0 Å². The maximum Gasteiger partial charge on any atom is 0.234 e. The van der Waals surface area contributed by atoms with Crippen LogP contribution in [0.3, 0.4) is 0 Å². The molecule has 1 aromatic carbocycles. The van der Waals surface area contributed by atoms with Gasteiger partial charge in [0.05, 0.1) is 6.54 Å². The maximum atomic E-state index is 11.9. The highest BCUT2D eigenvalue weighted by Gasteiger charge is 2.19. The lowest BCUT2D eigenvalue weighted by Gasteiger charge is -2.35. The molecule has 2 amide bonds. The minimum atomic E-state index is -0.0773. The molecule has 0 spiro atoms. The highest BCUT2D eigenvalue weighted by molar-refractivity contribution is 5.78. The Bertz CT molecular complexity index is 539. The number of aryl methyl sites for hydroxylation is 1. The van der Waals surface area contributed by atoms with Crippen LogP contribution in [0.25, 0.3) is 0 Å². The molecule has 6 heteroatoms. The number of nitrogens with one attached hydrogen (secondary N) is 2. The van der Waals surface area contributed by atoms with E-state index in [-0.39, 0.29) is 11.8 Å². The van der Waals surface area contributed by atoms with Gasteiger partial charge in [-0.3, -0.25) is 14.5 Å². The van der Waals surface area contributed by atoms with Gasteiger partial charge in [0.1, 0.15) is 0 Å². The molecule has 1 aliphatic rings. The third-order valence-electron chi connectivity index (χ3n) is 3.93. The third kappa shape index (κ3) is 5.90. The summed E-state index contributed by atoms with van der Waals surface area (Å²) in [6.45, 7) is 8.57. The van der Waals surface area contributed by atoms with Crippen molar-refractivity contribution in [2.75, 3.05) is 50.7 Å². The van der Waals surface area contributed by atoms with E-state index in [1.54, 1.807) is 0 Å². The van der Waals surface area contributed by atoms with Crippen molar-refractivity contribution in [2.45, 2.75) is 13.8 Å². The smallest absolute Gasteiger partial charge is 0.234 e. The van der Waals surface area contributed by atoms with E-state index >= 15 is 0 Å². The zero-order chi connectivity index (χ0) is 16.7.